The van der Waals surface area contributed by atoms with E-state index in [2.05, 4.69) is 9.31 Å². The van der Waals surface area contributed by atoms with Crippen LogP contribution in [-0.2, 0) is 9.31 Å². The van der Waals surface area contributed by atoms with Gasteiger partial charge in [-0.15, -0.1) is 0 Å². The fourth-order valence-electron chi connectivity index (χ4n) is 1.73. The Morgan fingerprint density at radius 2 is 0.852 bits per heavy atom. The summed E-state index contributed by atoms with van der Waals surface area (Å²) in [7, 11) is -3.27. The molecule has 0 fully saturated rings. The minimum absolute atomic E-state index is 0.637. The zero-order valence-corrected chi connectivity index (χ0v) is 12.5. The van der Waals surface area contributed by atoms with Crippen LogP contribution < -0.4 is 5.46 Å². The fourth-order valence-corrected chi connectivity index (χ4v) is 1.73. The molecule has 0 aliphatic rings. The van der Waals surface area contributed by atoms with Crippen LogP contribution in [0.2, 0.25) is 0 Å². The highest BCUT2D eigenvalue weighted by Crippen LogP contribution is 2.39. The van der Waals surface area contributed by atoms with Gasteiger partial charge in [-0.3, -0.25) is 0 Å². The predicted molar refractivity (Wildman–Crippen MR) is 65.8 cm³/mol. The summed E-state index contributed by atoms with van der Waals surface area (Å²) in [5.41, 5.74) is -0.922. The van der Waals surface area contributed by atoms with Crippen LogP contribution in [-0.4, -0.2) is 44.0 Å². The standard InChI is InChI=1S/C12H7BF12O2/c14-9(15,16)7(10(17,18)19)26-13(6-4-2-1-3-5-6)27-8(11(20,21)22)12(23,24)25/h1-5,7-8H. The molecule has 0 radical (unpaired) electrons. The number of benzene rings is 1. The van der Waals surface area contributed by atoms with Gasteiger partial charge in [0.1, 0.15) is 0 Å². The molecule has 0 amide bonds. The molecule has 1 rings (SSSR count). The minimum atomic E-state index is -6.18. The molecule has 1 aromatic rings. The zero-order valence-electron chi connectivity index (χ0n) is 12.5. The maximum atomic E-state index is 12.6. The van der Waals surface area contributed by atoms with Gasteiger partial charge in [-0.25, -0.2) is 0 Å². The zero-order chi connectivity index (χ0) is 21.3. The molecule has 154 valence electrons. The molecule has 0 heterocycles. The monoisotopic (exact) mass is 422 g/mol. The maximum absolute atomic E-state index is 12.6. The van der Waals surface area contributed by atoms with E-state index in [4.69, 9.17) is 0 Å². The van der Waals surface area contributed by atoms with E-state index < -0.39 is 49.5 Å². The van der Waals surface area contributed by atoms with Crippen LogP contribution in [0.4, 0.5) is 52.7 Å². The predicted octanol–water partition coefficient (Wildman–Crippen LogP) is 4.40. The van der Waals surface area contributed by atoms with Gasteiger partial charge in [0.05, 0.1) is 0 Å². The number of hydrogen-bond acceptors (Lipinski definition) is 2. The number of rotatable bonds is 5. The molecule has 0 saturated carbocycles. The van der Waals surface area contributed by atoms with Crippen LogP contribution in [0.3, 0.4) is 0 Å². The first kappa shape index (κ1) is 23.4. The number of halogens is 12. The first-order valence-electron chi connectivity index (χ1n) is 6.56. The van der Waals surface area contributed by atoms with Gasteiger partial charge in [-0.1, -0.05) is 30.3 Å². The molecule has 27 heavy (non-hydrogen) atoms. The first-order chi connectivity index (χ1) is 11.9. The third-order valence-electron chi connectivity index (χ3n) is 2.78. The Kier molecular flexibility index (Phi) is 6.74. The van der Waals surface area contributed by atoms with Crippen molar-refractivity contribution in [3.05, 3.63) is 30.3 Å². The average molecular weight is 422 g/mol. The van der Waals surface area contributed by atoms with Crippen molar-refractivity contribution in [1.29, 1.82) is 0 Å². The Bertz CT molecular complexity index is 530. The van der Waals surface area contributed by atoms with Crippen molar-refractivity contribution in [2.45, 2.75) is 36.9 Å². The van der Waals surface area contributed by atoms with E-state index in [1.165, 1.54) is 0 Å². The molecule has 0 atom stereocenters. The molecule has 1 aromatic carbocycles. The average Bonchev–Trinajstić information content (AvgIpc) is 2.42. The summed E-state index contributed by atoms with van der Waals surface area (Å²) in [4.78, 5) is 0. The van der Waals surface area contributed by atoms with Gasteiger partial charge < -0.3 is 9.31 Å². The van der Waals surface area contributed by atoms with Crippen molar-refractivity contribution in [2.24, 2.45) is 0 Å². The quantitative estimate of drug-likeness (QED) is 0.518. The van der Waals surface area contributed by atoms with Gasteiger partial charge in [0.25, 0.3) is 0 Å². The van der Waals surface area contributed by atoms with Crippen molar-refractivity contribution in [2.75, 3.05) is 0 Å². The van der Waals surface area contributed by atoms with E-state index in [1.54, 1.807) is 0 Å². The molecule has 0 aliphatic carbocycles. The smallest absolute Gasteiger partial charge is 0.389 e. The van der Waals surface area contributed by atoms with E-state index in [9.17, 15) is 52.7 Å². The largest absolute Gasteiger partial charge is 0.495 e. The summed E-state index contributed by atoms with van der Waals surface area (Å²) >= 11 is 0. The van der Waals surface area contributed by atoms with Gasteiger partial charge in [-0.05, 0) is 5.46 Å². The molecule has 0 unspecified atom stereocenters. The van der Waals surface area contributed by atoms with Gasteiger partial charge in [0.15, 0.2) is 0 Å². The lowest BCUT2D eigenvalue weighted by atomic mass is 9.78. The van der Waals surface area contributed by atoms with E-state index in [0.717, 1.165) is 18.2 Å². The Labute approximate surface area is 143 Å². The second-order valence-corrected chi connectivity index (χ2v) is 4.94. The Balaban J connectivity index is 3.33. The summed E-state index contributed by atoms with van der Waals surface area (Å²) in [6, 6.07) is 4.29. The molecular formula is C12H7BF12O2. The molecule has 0 saturated heterocycles. The van der Waals surface area contributed by atoms with Crippen molar-refractivity contribution < 1.29 is 62.0 Å². The Morgan fingerprint density at radius 3 is 1.11 bits per heavy atom. The third kappa shape index (κ3) is 6.79. The van der Waals surface area contributed by atoms with Crippen molar-refractivity contribution in [3.63, 3.8) is 0 Å². The summed E-state index contributed by atoms with van der Waals surface area (Å²) in [6.07, 6.45) is -34.1. The molecule has 0 aromatic heterocycles. The number of hydrogen-bond donors (Lipinski definition) is 0. The van der Waals surface area contributed by atoms with Crippen LogP contribution in [0, 0.1) is 0 Å². The normalized spacial score (nSPS) is 14.1. The van der Waals surface area contributed by atoms with Crippen LogP contribution in [0.15, 0.2) is 30.3 Å². The second kappa shape index (κ2) is 7.77. The third-order valence-corrected chi connectivity index (χ3v) is 2.78. The summed E-state index contributed by atoms with van der Waals surface area (Å²) in [5.74, 6) is 0. The minimum Gasteiger partial charge on any atom is -0.389 e. The molecule has 15 heteroatoms. The molecular weight excluding hydrogens is 415 g/mol. The number of alkyl halides is 12. The molecule has 0 bridgehead atoms. The van der Waals surface area contributed by atoms with Crippen LogP contribution in [0.1, 0.15) is 0 Å². The van der Waals surface area contributed by atoms with Crippen molar-refractivity contribution >= 4 is 12.6 Å². The van der Waals surface area contributed by atoms with Crippen molar-refractivity contribution in [3.8, 4) is 0 Å². The molecule has 0 spiro atoms. The Morgan fingerprint density at radius 1 is 0.556 bits per heavy atom. The van der Waals surface area contributed by atoms with Gasteiger partial charge in [-0.2, -0.15) is 52.7 Å². The lowest BCUT2D eigenvalue weighted by Crippen LogP contribution is -2.56. The highest BCUT2D eigenvalue weighted by atomic mass is 19.4. The van der Waals surface area contributed by atoms with Gasteiger partial charge in [0, 0.05) is 0 Å². The summed E-state index contributed by atoms with van der Waals surface area (Å²) < 4.78 is 158. The van der Waals surface area contributed by atoms with Crippen LogP contribution >= 0.6 is 0 Å². The Hall–Kier alpha value is -1.64. The van der Waals surface area contributed by atoms with E-state index in [-0.39, 0.29) is 0 Å². The van der Waals surface area contributed by atoms with Crippen LogP contribution in [0.5, 0.6) is 0 Å². The summed E-state index contributed by atoms with van der Waals surface area (Å²) in [6.45, 7) is 0. The topological polar surface area (TPSA) is 18.5 Å². The lowest BCUT2D eigenvalue weighted by molar-refractivity contribution is -0.317. The van der Waals surface area contributed by atoms with E-state index in [1.807, 2.05) is 0 Å². The van der Waals surface area contributed by atoms with Gasteiger partial charge >= 0.3 is 31.8 Å². The second-order valence-electron chi connectivity index (χ2n) is 4.94. The molecule has 0 N–H and O–H groups in total. The van der Waals surface area contributed by atoms with Gasteiger partial charge in [0.2, 0.25) is 12.2 Å². The highest BCUT2D eigenvalue weighted by Gasteiger charge is 2.62. The summed E-state index contributed by atoms with van der Waals surface area (Å²) in [5, 5.41) is 0. The fraction of sp³-hybridized carbons (Fsp3) is 0.500. The van der Waals surface area contributed by atoms with E-state index in [0.29, 0.717) is 12.1 Å². The van der Waals surface area contributed by atoms with Crippen molar-refractivity contribution in [1.82, 2.24) is 0 Å². The SMILES string of the molecule is FC(F)(F)C(OB(OC(C(F)(F)F)C(F)(F)F)c1ccccc1)C(F)(F)F. The first-order valence-corrected chi connectivity index (χ1v) is 6.56. The maximum Gasteiger partial charge on any atom is 0.495 e. The molecule has 2 nitrogen and oxygen atoms in total. The van der Waals surface area contributed by atoms with Crippen LogP contribution in [0.25, 0.3) is 0 Å². The molecule has 0 aliphatic heterocycles. The lowest BCUT2D eigenvalue weighted by Gasteiger charge is -2.30. The highest BCUT2D eigenvalue weighted by molar-refractivity contribution is 6.61. The van der Waals surface area contributed by atoms with E-state index >= 15 is 0 Å².